The zero-order valence-electron chi connectivity index (χ0n) is 11.3. The molecule has 0 aliphatic heterocycles. The fourth-order valence-corrected chi connectivity index (χ4v) is 3.05. The summed E-state index contributed by atoms with van der Waals surface area (Å²) in [7, 11) is 0. The van der Waals surface area contributed by atoms with Crippen molar-refractivity contribution in [3.63, 3.8) is 0 Å². The first-order valence-electron chi connectivity index (χ1n) is 6.56. The standard InChI is InChI=1S/C15H19ClN2S/c1-3-17-14(9-15-10-19-11(2)18-15)8-12-5-4-6-13(16)7-12/h4-7,10,14,17H,3,8-9H2,1-2H3. The summed E-state index contributed by atoms with van der Waals surface area (Å²) in [5, 5.41) is 7.62. The fraction of sp³-hybridized carbons (Fsp3) is 0.400. The van der Waals surface area contributed by atoms with E-state index in [0.29, 0.717) is 6.04 Å². The van der Waals surface area contributed by atoms with Crippen LogP contribution < -0.4 is 5.32 Å². The lowest BCUT2D eigenvalue weighted by Gasteiger charge is -2.17. The topological polar surface area (TPSA) is 24.9 Å². The number of aromatic nitrogens is 1. The molecule has 102 valence electrons. The Morgan fingerprint density at radius 3 is 2.84 bits per heavy atom. The highest BCUT2D eigenvalue weighted by Crippen LogP contribution is 2.15. The Labute approximate surface area is 123 Å². The van der Waals surface area contributed by atoms with Gasteiger partial charge in [0.05, 0.1) is 10.7 Å². The molecule has 2 nitrogen and oxygen atoms in total. The molecule has 0 aliphatic rings. The van der Waals surface area contributed by atoms with E-state index in [4.69, 9.17) is 11.6 Å². The van der Waals surface area contributed by atoms with Gasteiger partial charge in [-0.05, 0) is 37.6 Å². The first-order valence-corrected chi connectivity index (χ1v) is 7.82. The molecule has 1 aromatic carbocycles. The maximum absolute atomic E-state index is 6.04. The Hall–Kier alpha value is -0.900. The molecule has 1 unspecified atom stereocenters. The summed E-state index contributed by atoms with van der Waals surface area (Å²) < 4.78 is 0. The van der Waals surface area contributed by atoms with Gasteiger partial charge in [0.2, 0.25) is 0 Å². The predicted molar refractivity (Wildman–Crippen MR) is 83.2 cm³/mol. The van der Waals surface area contributed by atoms with Crippen molar-refractivity contribution in [2.45, 2.75) is 32.7 Å². The number of nitrogens with zero attached hydrogens (tertiary/aromatic N) is 1. The molecular formula is C15H19ClN2S. The van der Waals surface area contributed by atoms with E-state index in [9.17, 15) is 0 Å². The molecule has 0 radical (unpaired) electrons. The lowest BCUT2D eigenvalue weighted by atomic mass is 10.0. The monoisotopic (exact) mass is 294 g/mol. The fourth-order valence-electron chi connectivity index (χ4n) is 2.21. The molecule has 0 spiro atoms. The van der Waals surface area contributed by atoms with Crippen molar-refractivity contribution in [2.75, 3.05) is 6.54 Å². The minimum absolute atomic E-state index is 0.407. The number of hydrogen-bond donors (Lipinski definition) is 1. The SMILES string of the molecule is CCNC(Cc1cccc(Cl)c1)Cc1csc(C)n1. The second-order valence-electron chi connectivity index (χ2n) is 4.65. The number of aryl methyl sites for hydroxylation is 1. The van der Waals surface area contributed by atoms with Gasteiger partial charge in [-0.15, -0.1) is 11.3 Å². The van der Waals surface area contributed by atoms with E-state index >= 15 is 0 Å². The summed E-state index contributed by atoms with van der Waals surface area (Å²) in [6.07, 6.45) is 1.94. The molecule has 1 aromatic heterocycles. The Morgan fingerprint density at radius 2 is 2.21 bits per heavy atom. The summed E-state index contributed by atoms with van der Waals surface area (Å²) in [5.74, 6) is 0. The average molecular weight is 295 g/mol. The van der Waals surface area contributed by atoms with Gasteiger partial charge in [0.25, 0.3) is 0 Å². The average Bonchev–Trinajstić information content (AvgIpc) is 2.75. The van der Waals surface area contributed by atoms with Crippen molar-refractivity contribution in [1.29, 1.82) is 0 Å². The number of hydrogen-bond acceptors (Lipinski definition) is 3. The van der Waals surface area contributed by atoms with Crippen molar-refractivity contribution in [3.8, 4) is 0 Å². The first-order chi connectivity index (χ1) is 9.17. The van der Waals surface area contributed by atoms with Crippen LogP contribution in [0.5, 0.6) is 0 Å². The van der Waals surface area contributed by atoms with Gasteiger partial charge in [0.1, 0.15) is 0 Å². The maximum atomic E-state index is 6.04. The number of likely N-dealkylation sites (N-methyl/N-ethyl adjacent to an activating group) is 1. The Morgan fingerprint density at radius 1 is 1.37 bits per heavy atom. The first kappa shape index (κ1) is 14.5. The van der Waals surface area contributed by atoms with Crippen LogP contribution >= 0.6 is 22.9 Å². The second-order valence-corrected chi connectivity index (χ2v) is 6.15. The number of rotatable bonds is 6. The largest absolute Gasteiger partial charge is 0.314 e. The molecule has 1 N–H and O–H groups in total. The number of benzene rings is 1. The van der Waals surface area contributed by atoms with Crippen LogP contribution in [0.15, 0.2) is 29.6 Å². The van der Waals surface area contributed by atoms with Gasteiger partial charge in [0.15, 0.2) is 0 Å². The van der Waals surface area contributed by atoms with Crippen molar-refractivity contribution < 1.29 is 0 Å². The lowest BCUT2D eigenvalue weighted by Crippen LogP contribution is -2.33. The van der Waals surface area contributed by atoms with E-state index in [-0.39, 0.29) is 0 Å². The summed E-state index contributed by atoms with van der Waals surface area (Å²) >= 11 is 7.75. The molecule has 1 atom stereocenters. The van der Waals surface area contributed by atoms with Gasteiger partial charge in [-0.3, -0.25) is 0 Å². The number of halogens is 1. The van der Waals surface area contributed by atoms with Gasteiger partial charge < -0.3 is 5.32 Å². The van der Waals surface area contributed by atoms with E-state index in [1.807, 2.05) is 25.1 Å². The molecule has 2 rings (SSSR count). The smallest absolute Gasteiger partial charge is 0.0897 e. The molecule has 2 aromatic rings. The summed E-state index contributed by atoms with van der Waals surface area (Å²) in [6.45, 7) is 5.15. The molecule has 1 heterocycles. The van der Waals surface area contributed by atoms with E-state index in [1.165, 1.54) is 11.3 Å². The molecule has 0 saturated carbocycles. The highest BCUT2D eigenvalue weighted by molar-refractivity contribution is 7.09. The summed E-state index contributed by atoms with van der Waals surface area (Å²) in [6, 6.07) is 8.50. The molecule has 19 heavy (non-hydrogen) atoms. The minimum atomic E-state index is 0.407. The normalized spacial score (nSPS) is 12.6. The van der Waals surface area contributed by atoms with E-state index < -0.39 is 0 Å². The van der Waals surface area contributed by atoms with Crippen LogP contribution in [0.4, 0.5) is 0 Å². The van der Waals surface area contributed by atoms with Crippen LogP contribution in [-0.2, 0) is 12.8 Å². The van der Waals surface area contributed by atoms with Gasteiger partial charge in [-0.25, -0.2) is 4.98 Å². The van der Waals surface area contributed by atoms with E-state index in [0.717, 1.165) is 29.4 Å². The zero-order chi connectivity index (χ0) is 13.7. The third kappa shape index (κ3) is 4.60. The molecule has 0 bridgehead atoms. The van der Waals surface area contributed by atoms with Crippen molar-refractivity contribution in [2.24, 2.45) is 0 Å². The van der Waals surface area contributed by atoms with E-state index in [1.54, 1.807) is 11.3 Å². The maximum Gasteiger partial charge on any atom is 0.0897 e. The van der Waals surface area contributed by atoms with Crippen LogP contribution in [0, 0.1) is 6.92 Å². The highest BCUT2D eigenvalue weighted by atomic mass is 35.5. The molecule has 0 amide bonds. The van der Waals surface area contributed by atoms with Crippen LogP contribution in [-0.4, -0.2) is 17.6 Å². The van der Waals surface area contributed by atoms with Crippen molar-refractivity contribution >= 4 is 22.9 Å². The van der Waals surface area contributed by atoms with Crippen molar-refractivity contribution in [3.05, 3.63) is 50.9 Å². The van der Waals surface area contributed by atoms with Gasteiger partial charge in [-0.1, -0.05) is 30.7 Å². The molecule has 4 heteroatoms. The number of thiazole rings is 1. The van der Waals surface area contributed by atoms with Gasteiger partial charge in [-0.2, -0.15) is 0 Å². The van der Waals surface area contributed by atoms with Gasteiger partial charge in [0, 0.05) is 22.9 Å². The Bertz CT molecular complexity index is 524. The molecule has 0 fully saturated rings. The molecule has 0 aliphatic carbocycles. The van der Waals surface area contributed by atoms with Crippen LogP contribution in [0.1, 0.15) is 23.2 Å². The van der Waals surface area contributed by atoms with Crippen molar-refractivity contribution in [1.82, 2.24) is 10.3 Å². The van der Waals surface area contributed by atoms with Crippen LogP contribution in [0.25, 0.3) is 0 Å². The summed E-state index contributed by atoms with van der Waals surface area (Å²) in [4.78, 5) is 4.54. The Kier molecular flexibility index (Phi) is 5.37. The minimum Gasteiger partial charge on any atom is -0.314 e. The third-order valence-electron chi connectivity index (χ3n) is 2.99. The van der Waals surface area contributed by atoms with Crippen LogP contribution in [0.3, 0.4) is 0 Å². The van der Waals surface area contributed by atoms with Crippen LogP contribution in [0.2, 0.25) is 5.02 Å². The van der Waals surface area contributed by atoms with Gasteiger partial charge >= 0.3 is 0 Å². The van der Waals surface area contributed by atoms with E-state index in [2.05, 4.69) is 28.7 Å². The summed E-state index contributed by atoms with van der Waals surface area (Å²) in [5.41, 5.74) is 2.45. The second kappa shape index (κ2) is 7.04. The molecule has 0 saturated heterocycles. The highest BCUT2D eigenvalue weighted by Gasteiger charge is 2.11. The predicted octanol–water partition coefficient (Wildman–Crippen LogP) is 3.87. The Balaban J connectivity index is 2.03. The quantitative estimate of drug-likeness (QED) is 0.875. The lowest BCUT2D eigenvalue weighted by molar-refractivity contribution is 0.517. The third-order valence-corrected chi connectivity index (χ3v) is 4.04. The zero-order valence-corrected chi connectivity index (χ0v) is 12.9. The number of nitrogens with one attached hydrogen (secondary N) is 1. The molecular weight excluding hydrogens is 276 g/mol.